The van der Waals surface area contributed by atoms with Gasteiger partial charge in [-0.25, -0.2) is 4.79 Å². The van der Waals surface area contributed by atoms with Gasteiger partial charge in [-0.3, -0.25) is 0 Å². The smallest absolute Gasteiger partial charge is 0.336 e. The Bertz CT molecular complexity index is 1030. The van der Waals surface area contributed by atoms with Crippen LogP contribution >= 0.6 is 0 Å². The Morgan fingerprint density at radius 2 is 1.97 bits per heavy atom. The zero-order valence-corrected chi connectivity index (χ0v) is 22.8. The molecule has 0 fully saturated rings. The van der Waals surface area contributed by atoms with Gasteiger partial charge in [-0.05, 0) is 47.5 Å². The molecule has 6 nitrogen and oxygen atoms in total. The van der Waals surface area contributed by atoms with Crippen LogP contribution in [0.1, 0.15) is 69.8 Å². The third-order valence-electron chi connectivity index (χ3n) is 6.40. The van der Waals surface area contributed by atoms with Crippen molar-refractivity contribution in [2.24, 2.45) is 0 Å². The van der Waals surface area contributed by atoms with Gasteiger partial charge in [0, 0.05) is 12.0 Å². The second-order valence-electron chi connectivity index (χ2n) is 10.2. The van der Waals surface area contributed by atoms with Crippen molar-refractivity contribution in [1.29, 1.82) is 0 Å². The first-order valence-corrected chi connectivity index (χ1v) is 14.5. The number of carbonyl (C=O) groups excluding carboxylic acids is 1. The van der Waals surface area contributed by atoms with Gasteiger partial charge >= 0.3 is 5.97 Å². The Kier molecular flexibility index (Phi) is 8.32. The van der Waals surface area contributed by atoms with E-state index in [9.17, 15) is 9.90 Å². The molecular formula is C27H39O6Si. The number of ether oxygens (including phenoxy) is 3. The van der Waals surface area contributed by atoms with Crippen LogP contribution in [0.4, 0.5) is 0 Å². The fraction of sp³-hybridized carbons (Fsp3) is 0.593. The zero-order valence-electron chi connectivity index (χ0n) is 21.8. The van der Waals surface area contributed by atoms with Gasteiger partial charge in [-0.15, -0.1) is 0 Å². The number of phenols is 1. The summed E-state index contributed by atoms with van der Waals surface area (Å²) in [5.74, 6) is 0.429. The molecule has 187 valence electrons. The van der Waals surface area contributed by atoms with Crippen molar-refractivity contribution >= 4 is 25.8 Å². The molecule has 0 bridgehead atoms. The second kappa shape index (κ2) is 10.7. The SMILES string of the molecule is CCCCC1OC(C(O[Si](C)C)C(=O)OC)Cc2c1c(O)c1c(OC)cccc1c2C(C)(C)C. The molecule has 1 aliphatic heterocycles. The van der Waals surface area contributed by atoms with E-state index in [1.807, 2.05) is 31.3 Å². The summed E-state index contributed by atoms with van der Waals surface area (Å²) in [6.45, 7) is 12.7. The van der Waals surface area contributed by atoms with Crippen LogP contribution in [-0.2, 0) is 30.5 Å². The number of hydrogen-bond acceptors (Lipinski definition) is 6. The molecule has 0 amide bonds. The highest BCUT2D eigenvalue weighted by atomic mass is 28.3. The van der Waals surface area contributed by atoms with Crippen molar-refractivity contribution in [2.75, 3.05) is 14.2 Å². The van der Waals surface area contributed by atoms with Gasteiger partial charge in [0.15, 0.2) is 6.10 Å². The highest BCUT2D eigenvalue weighted by Crippen LogP contribution is 2.51. The maximum absolute atomic E-state index is 12.7. The largest absolute Gasteiger partial charge is 0.507 e. The van der Waals surface area contributed by atoms with E-state index in [1.165, 1.54) is 7.11 Å². The Balaban J connectivity index is 2.32. The summed E-state index contributed by atoms with van der Waals surface area (Å²) in [6.07, 6.45) is 1.47. The van der Waals surface area contributed by atoms with Gasteiger partial charge in [0.2, 0.25) is 9.04 Å². The lowest BCUT2D eigenvalue weighted by molar-refractivity contribution is -0.162. The molecule has 3 atom stereocenters. The lowest BCUT2D eigenvalue weighted by Gasteiger charge is -2.40. The van der Waals surface area contributed by atoms with Crippen LogP contribution in [0.5, 0.6) is 11.5 Å². The van der Waals surface area contributed by atoms with Crippen molar-refractivity contribution in [3.8, 4) is 11.5 Å². The molecule has 3 unspecified atom stereocenters. The maximum atomic E-state index is 12.7. The summed E-state index contributed by atoms with van der Waals surface area (Å²) in [4.78, 5) is 12.7. The van der Waals surface area contributed by atoms with E-state index >= 15 is 0 Å². The third-order valence-corrected chi connectivity index (χ3v) is 7.13. The lowest BCUT2D eigenvalue weighted by atomic mass is 9.74. The van der Waals surface area contributed by atoms with Crippen LogP contribution in [-0.4, -0.2) is 46.5 Å². The molecule has 0 saturated heterocycles. The molecule has 7 heteroatoms. The van der Waals surface area contributed by atoms with Crippen molar-refractivity contribution in [2.45, 2.75) is 90.2 Å². The minimum atomic E-state index is -1.18. The number of aromatic hydroxyl groups is 1. The molecule has 2 aromatic carbocycles. The van der Waals surface area contributed by atoms with Gasteiger partial charge in [0.05, 0.1) is 31.8 Å². The normalized spacial score (nSPS) is 19.2. The lowest BCUT2D eigenvalue weighted by Crippen LogP contribution is -2.45. The number of hydrogen-bond donors (Lipinski definition) is 1. The van der Waals surface area contributed by atoms with Crippen molar-refractivity contribution in [3.63, 3.8) is 0 Å². The molecule has 1 aliphatic rings. The summed E-state index contributed by atoms with van der Waals surface area (Å²) < 4.78 is 23.4. The van der Waals surface area contributed by atoms with Gasteiger partial charge in [-0.2, -0.15) is 0 Å². The minimum Gasteiger partial charge on any atom is -0.507 e. The Morgan fingerprint density at radius 1 is 1.26 bits per heavy atom. The number of methoxy groups -OCH3 is 2. The van der Waals surface area contributed by atoms with Crippen LogP contribution in [0.15, 0.2) is 18.2 Å². The fourth-order valence-electron chi connectivity index (χ4n) is 5.10. The van der Waals surface area contributed by atoms with E-state index in [4.69, 9.17) is 18.6 Å². The van der Waals surface area contributed by atoms with E-state index in [-0.39, 0.29) is 17.3 Å². The second-order valence-corrected chi connectivity index (χ2v) is 12.3. The zero-order chi connectivity index (χ0) is 25.2. The molecule has 0 aromatic heterocycles. The van der Waals surface area contributed by atoms with Gasteiger partial charge < -0.3 is 23.7 Å². The molecule has 0 aliphatic carbocycles. The summed E-state index contributed by atoms with van der Waals surface area (Å²) in [5, 5.41) is 13.3. The molecule has 34 heavy (non-hydrogen) atoms. The summed E-state index contributed by atoms with van der Waals surface area (Å²) in [6, 6.07) is 5.87. The fourth-order valence-corrected chi connectivity index (χ4v) is 5.85. The first-order valence-electron chi connectivity index (χ1n) is 12.1. The van der Waals surface area contributed by atoms with Crippen LogP contribution in [0.3, 0.4) is 0 Å². The third kappa shape index (κ3) is 5.11. The Labute approximate surface area is 205 Å². The Hall–Kier alpha value is -2.09. The molecular weight excluding hydrogens is 448 g/mol. The number of rotatable bonds is 8. The average Bonchev–Trinajstić information content (AvgIpc) is 2.78. The quantitative estimate of drug-likeness (QED) is 0.373. The Morgan fingerprint density at radius 3 is 2.53 bits per heavy atom. The monoisotopic (exact) mass is 487 g/mol. The molecule has 3 rings (SSSR count). The van der Waals surface area contributed by atoms with Crippen molar-refractivity contribution in [3.05, 3.63) is 34.9 Å². The van der Waals surface area contributed by atoms with E-state index in [0.29, 0.717) is 17.6 Å². The molecule has 1 heterocycles. The number of esters is 1. The highest BCUT2D eigenvalue weighted by Gasteiger charge is 2.42. The predicted molar refractivity (Wildman–Crippen MR) is 136 cm³/mol. The van der Waals surface area contributed by atoms with Crippen LogP contribution in [0.2, 0.25) is 13.1 Å². The number of phenolic OH excluding ortho intramolecular Hbond substituents is 1. The average molecular weight is 488 g/mol. The van der Waals surface area contributed by atoms with Crippen LogP contribution in [0.25, 0.3) is 10.8 Å². The number of carbonyl (C=O) groups is 1. The molecule has 0 spiro atoms. The van der Waals surface area contributed by atoms with E-state index < -0.39 is 27.2 Å². The first-order chi connectivity index (χ1) is 16.0. The summed E-state index contributed by atoms with van der Waals surface area (Å²) in [7, 11) is 1.82. The van der Waals surface area contributed by atoms with Crippen molar-refractivity contribution in [1.82, 2.24) is 0 Å². The van der Waals surface area contributed by atoms with Crippen LogP contribution < -0.4 is 4.74 Å². The number of unbranched alkanes of at least 4 members (excludes halogenated alkanes) is 1. The molecule has 0 saturated carbocycles. The van der Waals surface area contributed by atoms with Gasteiger partial charge in [-0.1, -0.05) is 52.7 Å². The minimum absolute atomic E-state index is 0.210. The van der Waals surface area contributed by atoms with E-state index in [1.54, 1.807) is 7.11 Å². The maximum Gasteiger partial charge on any atom is 0.336 e. The summed E-state index contributed by atoms with van der Waals surface area (Å²) >= 11 is 0. The predicted octanol–water partition coefficient (Wildman–Crippen LogP) is 5.83. The summed E-state index contributed by atoms with van der Waals surface area (Å²) in [5.41, 5.74) is 2.78. The van der Waals surface area contributed by atoms with Gasteiger partial charge in [0.1, 0.15) is 11.5 Å². The van der Waals surface area contributed by atoms with Crippen LogP contribution in [0, 0.1) is 0 Å². The first kappa shape index (κ1) is 26.5. The highest BCUT2D eigenvalue weighted by molar-refractivity contribution is 6.48. The van der Waals surface area contributed by atoms with Crippen molar-refractivity contribution < 1.29 is 28.5 Å². The number of fused-ring (bicyclic) bond motifs is 2. The number of benzene rings is 2. The van der Waals surface area contributed by atoms with E-state index in [2.05, 4.69) is 27.7 Å². The molecule has 1 radical (unpaired) electrons. The molecule has 2 aromatic rings. The topological polar surface area (TPSA) is 74.2 Å². The van der Waals surface area contributed by atoms with Gasteiger partial charge in [0.25, 0.3) is 0 Å². The standard InChI is InChI=1S/C27H39O6Si/c1-9-10-13-19-22-17(15-20(32-19)25(26(29)31-6)33-34(7)8)23(27(2,3)4)16-12-11-14-18(30-5)21(16)24(22)28/h11-12,14,19-20,25,28H,9-10,13,15H2,1-8H3. The molecule has 1 N–H and O–H groups in total. The van der Waals surface area contributed by atoms with E-state index in [0.717, 1.165) is 41.3 Å².